The fourth-order valence-corrected chi connectivity index (χ4v) is 4.49. The number of para-hydroxylation sites is 1. The zero-order chi connectivity index (χ0) is 24.8. The van der Waals surface area contributed by atoms with Crippen molar-refractivity contribution in [1.82, 2.24) is 4.98 Å². The standard InChI is InChI=1S/C26H23N3O5S/c1-29(20-9-4-3-5-10-20)35(31,32)23-11-6-8-19(18-23)25(30)28-24-12-7-17-27-26(24)34-22-15-13-21(33-2)14-16-22/h3-18H,1-2H3,(H,28,30). The molecule has 0 fully saturated rings. The van der Waals surface area contributed by atoms with Gasteiger partial charge in [0, 0.05) is 18.8 Å². The van der Waals surface area contributed by atoms with Crippen LogP contribution >= 0.6 is 0 Å². The van der Waals surface area contributed by atoms with Crippen molar-refractivity contribution < 1.29 is 22.7 Å². The lowest BCUT2D eigenvalue weighted by molar-refractivity contribution is 0.102. The van der Waals surface area contributed by atoms with Crippen LogP contribution in [0.3, 0.4) is 0 Å². The third-order valence-electron chi connectivity index (χ3n) is 5.17. The minimum Gasteiger partial charge on any atom is -0.497 e. The minimum absolute atomic E-state index is 0.00241. The van der Waals surface area contributed by atoms with Crippen molar-refractivity contribution in [3.05, 3.63) is 103 Å². The van der Waals surface area contributed by atoms with Gasteiger partial charge in [0.2, 0.25) is 5.88 Å². The number of amides is 1. The Morgan fingerprint density at radius 2 is 1.60 bits per heavy atom. The van der Waals surface area contributed by atoms with Gasteiger partial charge in [-0.1, -0.05) is 24.3 Å². The molecule has 0 aliphatic carbocycles. The molecule has 1 amide bonds. The van der Waals surface area contributed by atoms with Crippen LogP contribution in [-0.4, -0.2) is 33.5 Å². The number of rotatable bonds is 8. The molecule has 0 unspecified atom stereocenters. The van der Waals surface area contributed by atoms with Gasteiger partial charge in [-0.05, 0) is 66.7 Å². The Kier molecular flexibility index (Phi) is 6.98. The second-order valence-electron chi connectivity index (χ2n) is 7.42. The van der Waals surface area contributed by atoms with Gasteiger partial charge in [0.15, 0.2) is 0 Å². The number of hydrogen-bond acceptors (Lipinski definition) is 6. The number of anilines is 2. The van der Waals surface area contributed by atoms with Crippen LogP contribution in [0.5, 0.6) is 17.4 Å². The number of carbonyl (C=O) groups is 1. The van der Waals surface area contributed by atoms with Gasteiger partial charge in [-0.15, -0.1) is 0 Å². The minimum atomic E-state index is -3.87. The lowest BCUT2D eigenvalue weighted by Crippen LogP contribution is -2.26. The lowest BCUT2D eigenvalue weighted by Gasteiger charge is -2.19. The zero-order valence-electron chi connectivity index (χ0n) is 19.1. The van der Waals surface area contributed by atoms with Crippen molar-refractivity contribution in [2.24, 2.45) is 0 Å². The first kappa shape index (κ1) is 23.8. The second-order valence-corrected chi connectivity index (χ2v) is 9.39. The third-order valence-corrected chi connectivity index (χ3v) is 6.95. The summed E-state index contributed by atoms with van der Waals surface area (Å²) in [6.07, 6.45) is 1.54. The molecule has 0 saturated carbocycles. The first-order valence-corrected chi connectivity index (χ1v) is 12.0. The van der Waals surface area contributed by atoms with E-state index in [1.165, 1.54) is 35.6 Å². The van der Waals surface area contributed by atoms with E-state index in [0.29, 0.717) is 22.9 Å². The van der Waals surface area contributed by atoms with Gasteiger partial charge in [0.1, 0.15) is 17.2 Å². The molecular weight excluding hydrogens is 466 g/mol. The fourth-order valence-electron chi connectivity index (χ4n) is 3.25. The van der Waals surface area contributed by atoms with Crippen LogP contribution in [0, 0.1) is 0 Å². The van der Waals surface area contributed by atoms with Crippen LogP contribution in [-0.2, 0) is 10.0 Å². The molecule has 8 nitrogen and oxygen atoms in total. The highest BCUT2D eigenvalue weighted by molar-refractivity contribution is 7.92. The van der Waals surface area contributed by atoms with Gasteiger partial charge in [-0.2, -0.15) is 0 Å². The molecule has 178 valence electrons. The Morgan fingerprint density at radius 1 is 0.886 bits per heavy atom. The molecule has 1 heterocycles. The highest BCUT2D eigenvalue weighted by Crippen LogP contribution is 2.29. The van der Waals surface area contributed by atoms with Gasteiger partial charge in [-0.3, -0.25) is 9.10 Å². The van der Waals surface area contributed by atoms with Crippen molar-refractivity contribution >= 4 is 27.3 Å². The summed E-state index contributed by atoms with van der Waals surface area (Å²) in [6, 6.07) is 24.8. The van der Waals surface area contributed by atoms with E-state index in [2.05, 4.69) is 10.3 Å². The molecule has 0 spiro atoms. The second kappa shape index (κ2) is 10.3. The van der Waals surface area contributed by atoms with Gasteiger partial charge >= 0.3 is 0 Å². The lowest BCUT2D eigenvalue weighted by atomic mass is 10.2. The van der Waals surface area contributed by atoms with E-state index < -0.39 is 15.9 Å². The van der Waals surface area contributed by atoms with E-state index >= 15 is 0 Å². The van der Waals surface area contributed by atoms with E-state index in [1.807, 2.05) is 0 Å². The maximum Gasteiger partial charge on any atom is 0.264 e. The summed E-state index contributed by atoms with van der Waals surface area (Å²) in [5.74, 6) is 0.882. The summed E-state index contributed by atoms with van der Waals surface area (Å²) < 4.78 is 38.4. The number of carbonyl (C=O) groups excluding carboxylic acids is 1. The number of nitrogens with one attached hydrogen (secondary N) is 1. The molecule has 1 N–H and O–H groups in total. The third kappa shape index (κ3) is 5.42. The van der Waals surface area contributed by atoms with E-state index in [-0.39, 0.29) is 16.3 Å². The van der Waals surface area contributed by atoms with Crippen molar-refractivity contribution in [2.75, 3.05) is 23.8 Å². The highest BCUT2D eigenvalue weighted by Gasteiger charge is 2.22. The Hall–Kier alpha value is -4.37. The summed E-state index contributed by atoms with van der Waals surface area (Å²) in [6.45, 7) is 0. The molecule has 0 aliphatic heterocycles. The number of aromatic nitrogens is 1. The average molecular weight is 490 g/mol. The predicted octanol–water partition coefficient (Wildman–Crippen LogP) is 4.96. The highest BCUT2D eigenvalue weighted by atomic mass is 32.2. The van der Waals surface area contributed by atoms with E-state index in [1.54, 1.807) is 80.0 Å². The molecule has 9 heteroatoms. The van der Waals surface area contributed by atoms with E-state index in [9.17, 15) is 13.2 Å². The van der Waals surface area contributed by atoms with Crippen LogP contribution in [0.4, 0.5) is 11.4 Å². The number of pyridine rings is 1. The summed E-state index contributed by atoms with van der Waals surface area (Å²) in [5, 5.41) is 2.75. The number of ether oxygens (including phenoxy) is 2. The summed E-state index contributed by atoms with van der Waals surface area (Å²) in [4.78, 5) is 17.2. The van der Waals surface area contributed by atoms with Gasteiger partial charge in [0.25, 0.3) is 15.9 Å². The molecule has 35 heavy (non-hydrogen) atoms. The molecule has 4 rings (SSSR count). The Labute approximate surface area is 203 Å². The molecule has 0 radical (unpaired) electrons. The fraction of sp³-hybridized carbons (Fsp3) is 0.0769. The van der Waals surface area contributed by atoms with E-state index in [0.717, 1.165) is 0 Å². The molecule has 0 atom stereocenters. The number of sulfonamides is 1. The summed E-state index contributed by atoms with van der Waals surface area (Å²) >= 11 is 0. The van der Waals surface area contributed by atoms with Gasteiger partial charge in [-0.25, -0.2) is 13.4 Å². The molecule has 0 aliphatic rings. The largest absolute Gasteiger partial charge is 0.497 e. The molecule has 1 aromatic heterocycles. The van der Waals surface area contributed by atoms with Crippen LogP contribution in [0.15, 0.2) is 102 Å². The normalized spacial score (nSPS) is 10.9. The van der Waals surface area contributed by atoms with Crippen LogP contribution in [0.2, 0.25) is 0 Å². The van der Waals surface area contributed by atoms with Crippen molar-refractivity contribution in [2.45, 2.75) is 4.90 Å². The number of nitrogens with zero attached hydrogens (tertiary/aromatic N) is 2. The Morgan fingerprint density at radius 3 is 2.31 bits per heavy atom. The average Bonchev–Trinajstić information content (AvgIpc) is 2.90. The summed E-state index contributed by atoms with van der Waals surface area (Å²) in [7, 11) is -0.830. The maximum absolute atomic E-state index is 13.1. The smallest absolute Gasteiger partial charge is 0.264 e. The Bertz CT molecular complexity index is 1430. The van der Waals surface area contributed by atoms with Crippen LogP contribution in [0.1, 0.15) is 10.4 Å². The number of methoxy groups -OCH3 is 1. The Balaban J connectivity index is 1.55. The molecule has 3 aromatic carbocycles. The molecular formula is C26H23N3O5S. The topological polar surface area (TPSA) is 97.8 Å². The maximum atomic E-state index is 13.1. The predicted molar refractivity (Wildman–Crippen MR) is 134 cm³/mol. The number of hydrogen-bond donors (Lipinski definition) is 1. The first-order chi connectivity index (χ1) is 16.9. The zero-order valence-corrected chi connectivity index (χ0v) is 19.9. The van der Waals surface area contributed by atoms with Gasteiger partial charge < -0.3 is 14.8 Å². The van der Waals surface area contributed by atoms with Crippen molar-refractivity contribution in [3.8, 4) is 17.4 Å². The number of benzene rings is 3. The monoisotopic (exact) mass is 489 g/mol. The van der Waals surface area contributed by atoms with Crippen LogP contribution < -0.4 is 19.1 Å². The van der Waals surface area contributed by atoms with Crippen molar-refractivity contribution in [3.63, 3.8) is 0 Å². The molecule has 0 saturated heterocycles. The first-order valence-electron chi connectivity index (χ1n) is 10.6. The van der Waals surface area contributed by atoms with Crippen LogP contribution in [0.25, 0.3) is 0 Å². The van der Waals surface area contributed by atoms with Crippen molar-refractivity contribution in [1.29, 1.82) is 0 Å². The van der Waals surface area contributed by atoms with E-state index in [4.69, 9.17) is 9.47 Å². The molecule has 4 aromatic rings. The van der Waals surface area contributed by atoms with Gasteiger partial charge in [0.05, 0.1) is 17.7 Å². The molecule has 0 bridgehead atoms. The quantitative estimate of drug-likeness (QED) is 0.376. The SMILES string of the molecule is COc1ccc(Oc2ncccc2NC(=O)c2cccc(S(=O)(=O)N(C)c3ccccc3)c2)cc1. The summed E-state index contributed by atoms with van der Waals surface area (Å²) in [5.41, 5.74) is 1.02.